The minimum atomic E-state index is -1.24. The fourth-order valence-electron chi connectivity index (χ4n) is 2.37. The summed E-state index contributed by atoms with van der Waals surface area (Å²) in [6.07, 6.45) is 0.406. The summed E-state index contributed by atoms with van der Waals surface area (Å²) in [5.41, 5.74) is 2.03. The van der Waals surface area contributed by atoms with Crippen LogP contribution in [0.15, 0.2) is 48.5 Å². The molecule has 0 saturated carbocycles. The fourth-order valence-corrected chi connectivity index (χ4v) is 2.37. The zero-order chi connectivity index (χ0) is 18.8. The summed E-state index contributed by atoms with van der Waals surface area (Å²) in [4.78, 5) is 21.9. The fraction of sp³-hybridized carbons (Fsp3) is 0.300. The number of carboxylic acid groups (broad SMARTS) is 1. The van der Waals surface area contributed by atoms with Crippen molar-refractivity contribution in [3.8, 4) is 11.5 Å². The Morgan fingerprint density at radius 2 is 1.77 bits per heavy atom. The van der Waals surface area contributed by atoms with Crippen LogP contribution >= 0.6 is 0 Å². The summed E-state index contributed by atoms with van der Waals surface area (Å²) >= 11 is 0. The van der Waals surface area contributed by atoms with Crippen LogP contribution in [-0.4, -0.2) is 25.6 Å². The summed E-state index contributed by atoms with van der Waals surface area (Å²) < 4.78 is 11.1. The minimum absolute atomic E-state index is 0.0971. The van der Waals surface area contributed by atoms with E-state index in [1.165, 1.54) is 5.56 Å². The van der Waals surface area contributed by atoms with Crippen LogP contribution in [0.5, 0.6) is 11.5 Å². The number of carbonyl (C=O) groups excluding carboxylic acids is 2. The van der Waals surface area contributed by atoms with Crippen LogP contribution in [-0.2, 0) is 22.6 Å². The molecule has 0 aromatic heterocycles. The van der Waals surface area contributed by atoms with Gasteiger partial charge in [0, 0.05) is 25.4 Å². The molecule has 26 heavy (non-hydrogen) atoms. The molecule has 0 aliphatic heterocycles. The third-order valence-electron chi connectivity index (χ3n) is 3.77. The van der Waals surface area contributed by atoms with Crippen molar-refractivity contribution in [2.75, 3.05) is 13.7 Å². The second-order valence-electron chi connectivity index (χ2n) is 5.72. The van der Waals surface area contributed by atoms with Gasteiger partial charge in [0.15, 0.2) is 11.5 Å². The monoisotopic (exact) mass is 356 g/mol. The summed E-state index contributed by atoms with van der Waals surface area (Å²) in [6, 6.07) is 15.5. The SMILES string of the molecule is COc1cc(CNC(=O)CCC(=O)[O-])ccc1OCCc1ccccc1. The van der Waals surface area contributed by atoms with Crippen LogP contribution in [0.3, 0.4) is 0 Å². The molecule has 2 aromatic rings. The number of nitrogens with one attached hydrogen (secondary N) is 1. The highest BCUT2D eigenvalue weighted by molar-refractivity contribution is 5.79. The van der Waals surface area contributed by atoms with Crippen LogP contribution < -0.4 is 19.9 Å². The van der Waals surface area contributed by atoms with Crippen LogP contribution in [0.2, 0.25) is 0 Å². The lowest BCUT2D eigenvalue weighted by Crippen LogP contribution is -2.27. The van der Waals surface area contributed by atoms with E-state index in [1.807, 2.05) is 36.4 Å². The Balaban J connectivity index is 1.86. The van der Waals surface area contributed by atoms with Crippen molar-refractivity contribution < 1.29 is 24.2 Å². The van der Waals surface area contributed by atoms with E-state index in [0.717, 1.165) is 12.0 Å². The molecule has 0 unspecified atom stereocenters. The number of amides is 1. The number of rotatable bonds is 10. The van der Waals surface area contributed by atoms with Gasteiger partial charge in [0.2, 0.25) is 5.91 Å². The van der Waals surface area contributed by atoms with Gasteiger partial charge in [-0.3, -0.25) is 4.79 Å². The molecule has 0 saturated heterocycles. The second kappa shape index (κ2) is 10.1. The average Bonchev–Trinajstić information content (AvgIpc) is 2.66. The molecule has 138 valence electrons. The maximum absolute atomic E-state index is 11.6. The van der Waals surface area contributed by atoms with E-state index in [2.05, 4.69) is 5.32 Å². The van der Waals surface area contributed by atoms with Gasteiger partial charge in [-0.2, -0.15) is 0 Å². The lowest BCUT2D eigenvalue weighted by molar-refractivity contribution is -0.305. The zero-order valence-corrected chi connectivity index (χ0v) is 14.7. The van der Waals surface area contributed by atoms with E-state index >= 15 is 0 Å². The molecule has 1 amide bonds. The van der Waals surface area contributed by atoms with Gasteiger partial charge in [0.05, 0.1) is 13.7 Å². The van der Waals surface area contributed by atoms with Crippen molar-refractivity contribution in [3.63, 3.8) is 0 Å². The number of carbonyl (C=O) groups is 2. The van der Waals surface area contributed by atoms with Gasteiger partial charge < -0.3 is 24.7 Å². The first-order valence-corrected chi connectivity index (χ1v) is 8.38. The van der Waals surface area contributed by atoms with Crippen molar-refractivity contribution in [3.05, 3.63) is 59.7 Å². The predicted octanol–water partition coefficient (Wildman–Crippen LogP) is 1.46. The quantitative estimate of drug-likeness (QED) is 0.696. The summed E-state index contributed by atoms with van der Waals surface area (Å²) in [7, 11) is 1.56. The topological polar surface area (TPSA) is 87.7 Å². The van der Waals surface area contributed by atoms with Gasteiger partial charge >= 0.3 is 0 Å². The number of hydrogen-bond donors (Lipinski definition) is 1. The Labute approximate surface area is 152 Å². The normalized spacial score (nSPS) is 10.2. The number of ether oxygens (including phenoxy) is 2. The van der Waals surface area contributed by atoms with Crippen LogP contribution in [0.1, 0.15) is 24.0 Å². The maximum atomic E-state index is 11.6. The molecule has 0 aliphatic carbocycles. The number of aliphatic carboxylic acids is 1. The van der Waals surface area contributed by atoms with Crippen LogP contribution in [0, 0.1) is 0 Å². The molecule has 0 bridgehead atoms. The van der Waals surface area contributed by atoms with Crippen LogP contribution in [0.4, 0.5) is 0 Å². The van der Waals surface area contributed by atoms with Gasteiger partial charge in [-0.05, 0) is 29.7 Å². The Bertz CT molecular complexity index is 730. The van der Waals surface area contributed by atoms with E-state index in [0.29, 0.717) is 18.1 Å². The Morgan fingerprint density at radius 3 is 2.46 bits per heavy atom. The van der Waals surface area contributed by atoms with E-state index < -0.39 is 5.97 Å². The molecular formula is C20H22NO5-. The standard InChI is InChI=1S/C20H23NO5/c1-25-18-13-16(14-21-19(22)9-10-20(23)24)7-8-17(18)26-12-11-15-5-3-2-4-6-15/h2-8,13H,9-12,14H2,1H3,(H,21,22)(H,23,24)/p-1. The molecule has 0 aliphatic rings. The lowest BCUT2D eigenvalue weighted by Gasteiger charge is -2.13. The van der Waals surface area contributed by atoms with Crippen molar-refractivity contribution in [1.82, 2.24) is 5.32 Å². The largest absolute Gasteiger partial charge is 0.550 e. The first-order chi connectivity index (χ1) is 12.6. The summed E-state index contributed by atoms with van der Waals surface area (Å²) in [5.74, 6) is -0.356. The Morgan fingerprint density at radius 1 is 1.00 bits per heavy atom. The summed E-state index contributed by atoms with van der Waals surface area (Å²) in [5, 5.41) is 13.0. The van der Waals surface area contributed by atoms with Crippen LogP contribution in [0.25, 0.3) is 0 Å². The molecule has 0 heterocycles. The van der Waals surface area contributed by atoms with Gasteiger partial charge in [-0.1, -0.05) is 36.4 Å². The number of hydrogen-bond acceptors (Lipinski definition) is 5. The van der Waals surface area contributed by atoms with E-state index in [-0.39, 0.29) is 25.3 Å². The molecule has 1 N–H and O–H groups in total. The highest BCUT2D eigenvalue weighted by Crippen LogP contribution is 2.28. The van der Waals surface area contributed by atoms with Gasteiger partial charge in [0.1, 0.15) is 0 Å². The zero-order valence-electron chi connectivity index (χ0n) is 14.7. The predicted molar refractivity (Wildman–Crippen MR) is 94.7 cm³/mol. The molecule has 6 heteroatoms. The highest BCUT2D eigenvalue weighted by atomic mass is 16.5. The molecule has 2 rings (SSSR count). The second-order valence-corrected chi connectivity index (χ2v) is 5.72. The first-order valence-electron chi connectivity index (χ1n) is 8.38. The van der Waals surface area contributed by atoms with Gasteiger partial charge in [0.25, 0.3) is 0 Å². The molecule has 0 atom stereocenters. The molecule has 0 spiro atoms. The number of methoxy groups -OCH3 is 1. The van der Waals surface area contributed by atoms with E-state index in [4.69, 9.17) is 9.47 Å². The van der Waals surface area contributed by atoms with Crippen molar-refractivity contribution >= 4 is 11.9 Å². The third-order valence-corrected chi connectivity index (χ3v) is 3.77. The third kappa shape index (κ3) is 6.47. The first kappa shape index (κ1) is 19.3. The smallest absolute Gasteiger partial charge is 0.220 e. The highest BCUT2D eigenvalue weighted by Gasteiger charge is 2.07. The van der Waals surface area contributed by atoms with Gasteiger partial charge in [-0.25, -0.2) is 0 Å². The average molecular weight is 356 g/mol. The lowest BCUT2D eigenvalue weighted by atomic mass is 10.1. The minimum Gasteiger partial charge on any atom is -0.550 e. The van der Waals surface area contributed by atoms with Gasteiger partial charge in [-0.15, -0.1) is 0 Å². The molecule has 0 fully saturated rings. The van der Waals surface area contributed by atoms with E-state index in [9.17, 15) is 14.7 Å². The van der Waals surface area contributed by atoms with Crippen molar-refractivity contribution in [1.29, 1.82) is 0 Å². The molecule has 2 aromatic carbocycles. The van der Waals surface area contributed by atoms with Crippen molar-refractivity contribution in [2.45, 2.75) is 25.8 Å². The maximum Gasteiger partial charge on any atom is 0.220 e. The Hall–Kier alpha value is -3.02. The number of carboxylic acids is 1. The van der Waals surface area contributed by atoms with E-state index in [1.54, 1.807) is 19.2 Å². The summed E-state index contributed by atoms with van der Waals surface area (Å²) in [6.45, 7) is 0.812. The van der Waals surface area contributed by atoms with Crippen molar-refractivity contribution in [2.24, 2.45) is 0 Å². The Kier molecular flexibility index (Phi) is 7.49. The molecule has 6 nitrogen and oxygen atoms in total. The number of benzene rings is 2. The molecule has 0 radical (unpaired) electrons. The molecular weight excluding hydrogens is 334 g/mol.